The molecule has 140 valence electrons. The highest BCUT2D eigenvalue weighted by atomic mass is 16.2. The molecule has 2 aliphatic heterocycles. The molecular weight excluding hydrogens is 328 g/mol. The maximum absolute atomic E-state index is 13.0. The van der Waals surface area contributed by atoms with Crippen LogP contribution in [0.5, 0.6) is 0 Å². The predicted octanol–water partition coefficient (Wildman–Crippen LogP) is 1.50. The zero-order chi connectivity index (χ0) is 18.1. The summed E-state index contributed by atoms with van der Waals surface area (Å²) in [4.78, 5) is 23.9. The molecule has 0 N–H and O–H groups in total. The number of nitrogens with zero attached hydrogens (tertiary/aromatic N) is 6. The summed E-state index contributed by atoms with van der Waals surface area (Å²) in [6.45, 7) is 9.69. The van der Waals surface area contributed by atoms with Crippen molar-refractivity contribution < 1.29 is 4.79 Å². The Hall–Kier alpha value is -2.15. The van der Waals surface area contributed by atoms with E-state index in [-0.39, 0.29) is 5.92 Å². The summed E-state index contributed by atoms with van der Waals surface area (Å²) in [6, 6.07) is 4.52. The molecule has 2 saturated heterocycles. The number of piperazine rings is 1. The van der Waals surface area contributed by atoms with Gasteiger partial charge in [0.05, 0.1) is 5.92 Å². The molecule has 0 bridgehead atoms. The summed E-state index contributed by atoms with van der Waals surface area (Å²) >= 11 is 0. The quantitative estimate of drug-likeness (QED) is 0.834. The van der Waals surface area contributed by atoms with Gasteiger partial charge in [-0.3, -0.25) is 4.79 Å². The number of hydrogen-bond acceptors (Lipinski definition) is 5. The first kappa shape index (κ1) is 17.3. The summed E-state index contributed by atoms with van der Waals surface area (Å²) < 4.78 is 1.80. The minimum absolute atomic E-state index is 0.165. The number of imidazole rings is 1. The number of aromatic nitrogens is 3. The van der Waals surface area contributed by atoms with Gasteiger partial charge in [-0.15, -0.1) is 5.10 Å². The largest absolute Gasteiger partial charge is 0.352 e. The number of likely N-dealkylation sites (tertiary alicyclic amines) is 1. The SMILES string of the molecule is CC(C)N1CCCC(C(=O)N2CCN(c3ccc4nccn4n3)CC2)C1. The van der Waals surface area contributed by atoms with E-state index < -0.39 is 0 Å². The third-order valence-corrected chi connectivity index (χ3v) is 5.69. The number of hydrogen-bond donors (Lipinski definition) is 0. The number of rotatable bonds is 3. The summed E-state index contributed by atoms with van der Waals surface area (Å²) in [5.74, 6) is 1.46. The topological polar surface area (TPSA) is 57.0 Å². The zero-order valence-electron chi connectivity index (χ0n) is 15.7. The van der Waals surface area contributed by atoms with Crippen LogP contribution in [0, 0.1) is 5.92 Å². The van der Waals surface area contributed by atoms with Crippen LogP contribution in [0.3, 0.4) is 0 Å². The Morgan fingerprint density at radius 2 is 1.96 bits per heavy atom. The van der Waals surface area contributed by atoms with Crippen molar-refractivity contribution in [3.05, 3.63) is 24.5 Å². The Morgan fingerprint density at radius 3 is 2.73 bits per heavy atom. The maximum Gasteiger partial charge on any atom is 0.227 e. The minimum Gasteiger partial charge on any atom is -0.352 e. The first-order valence-corrected chi connectivity index (χ1v) is 9.70. The van der Waals surface area contributed by atoms with Gasteiger partial charge in [-0.2, -0.15) is 0 Å². The molecule has 7 nitrogen and oxygen atoms in total. The molecule has 2 aliphatic rings. The molecule has 1 amide bonds. The Bertz CT molecular complexity index is 764. The fraction of sp³-hybridized carbons (Fsp3) is 0.632. The normalized spacial score (nSPS) is 22.3. The van der Waals surface area contributed by atoms with Crippen molar-refractivity contribution in [1.82, 2.24) is 24.4 Å². The average molecular weight is 356 g/mol. The van der Waals surface area contributed by atoms with Crippen LogP contribution in [0.1, 0.15) is 26.7 Å². The monoisotopic (exact) mass is 356 g/mol. The lowest BCUT2D eigenvalue weighted by atomic mass is 9.95. The fourth-order valence-corrected chi connectivity index (χ4v) is 4.06. The second-order valence-corrected chi connectivity index (χ2v) is 7.66. The van der Waals surface area contributed by atoms with E-state index in [9.17, 15) is 4.79 Å². The number of piperidine rings is 1. The van der Waals surface area contributed by atoms with Gasteiger partial charge in [0.1, 0.15) is 5.82 Å². The molecule has 7 heteroatoms. The third-order valence-electron chi connectivity index (χ3n) is 5.69. The number of fused-ring (bicyclic) bond motifs is 1. The van der Waals surface area contributed by atoms with Crippen molar-refractivity contribution >= 4 is 17.4 Å². The molecule has 2 fully saturated rings. The maximum atomic E-state index is 13.0. The molecule has 0 aromatic carbocycles. The first-order chi connectivity index (χ1) is 12.6. The molecule has 2 aromatic heterocycles. The van der Waals surface area contributed by atoms with E-state index in [1.807, 2.05) is 18.3 Å². The van der Waals surface area contributed by atoms with Gasteiger partial charge in [-0.05, 0) is 45.4 Å². The second-order valence-electron chi connectivity index (χ2n) is 7.66. The summed E-state index contributed by atoms with van der Waals surface area (Å²) in [5, 5.41) is 4.62. The molecule has 2 aromatic rings. The van der Waals surface area contributed by atoms with Crippen LogP contribution in [0.15, 0.2) is 24.5 Å². The van der Waals surface area contributed by atoms with Crippen LogP contribution in [-0.4, -0.2) is 75.6 Å². The molecule has 26 heavy (non-hydrogen) atoms. The van der Waals surface area contributed by atoms with E-state index >= 15 is 0 Å². The highest BCUT2D eigenvalue weighted by molar-refractivity contribution is 5.79. The predicted molar refractivity (Wildman–Crippen MR) is 101 cm³/mol. The lowest BCUT2D eigenvalue weighted by Gasteiger charge is -2.40. The molecule has 1 unspecified atom stereocenters. The molecule has 0 spiro atoms. The van der Waals surface area contributed by atoms with E-state index in [2.05, 4.69) is 38.6 Å². The van der Waals surface area contributed by atoms with E-state index in [0.717, 1.165) is 63.6 Å². The Balaban J connectivity index is 1.36. The Morgan fingerprint density at radius 1 is 1.15 bits per heavy atom. The van der Waals surface area contributed by atoms with Crippen molar-refractivity contribution in [2.24, 2.45) is 5.92 Å². The molecular formula is C19H28N6O. The van der Waals surface area contributed by atoms with Crippen LogP contribution >= 0.6 is 0 Å². The Labute approximate surface area is 154 Å². The number of amides is 1. The van der Waals surface area contributed by atoms with Gasteiger partial charge in [-0.25, -0.2) is 9.50 Å². The van der Waals surface area contributed by atoms with Gasteiger partial charge >= 0.3 is 0 Å². The third kappa shape index (κ3) is 3.40. The van der Waals surface area contributed by atoms with E-state index in [0.29, 0.717) is 11.9 Å². The zero-order valence-corrected chi connectivity index (χ0v) is 15.7. The smallest absolute Gasteiger partial charge is 0.227 e. The number of carbonyl (C=O) groups excluding carboxylic acids is 1. The number of carbonyl (C=O) groups is 1. The van der Waals surface area contributed by atoms with Gasteiger partial charge in [0.25, 0.3) is 0 Å². The van der Waals surface area contributed by atoms with Crippen molar-refractivity contribution in [2.45, 2.75) is 32.7 Å². The van der Waals surface area contributed by atoms with Gasteiger partial charge in [0.2, 0.25) is 5.91 Å². The molecule has 0 saturated carbocycles. The standard InChI is InChI=1S/C19H28N6O/c1-15(2)24-8-3-4-16(14-24)19(26)23-12-10-22(11-13-23)18-6-5-17-20-7-9-25(17)21-18/h5-7,9,15-16H,3-4,8,10-14H2,1-2H3. The summed E-state index contributed by atoms with van der Waals surface area (Å²) in [5.41, 5.74) is 0.856. The van der Waals surface area contributed by atoms with Crippen LogP contribution in [-0.2, 0) is 4.79 Å². The summed E-state index contributed by atoms with van der Waals surface area (Å²) in [6.07, 6.45) is 5.78. The first-order valence-electron chi connectivity index (χ1n) is 9.70. The average Bonchev–Trinajstić information content (AvgIpc) is 3.15. The van der Waals surface area contributed by atoms with Crippen LogP contribution < -0.4 is 4.90 Å². The van der Waals surface area contributed by atoms with Gasteiger partial charge < -0.3 is 14.7 Å². The van der Waals surface area contributed by atoms with Crippen molar-refractivity contribution in [1.29, 1.82) is 0 Å². The Kier molecular flexibility index (Phi) is 4.80. The molecule has 4 heterocycles. The molecule has 1 atom stereocenters. The van der Waals surface area contributed by atoms with E-state index in [1.165, 1.54) is 0 Å². The lowest BCUT2D eigenvalue weighted by molar-refractivity contribution is -0.137. The highest BCUT2D eigenvalue weighted by Crippen LogP contribution is 2.22. The van der Waals surface area contributed by atoms with Crippen molar-refractivity contribution in [2.75, 3.05) is 44.2 Å². The lowest BCUT2D eigenvalue weighted by Crippen LogP contribution is -2.53. The highest BCUT2D eigenvalue weighted by Gasteiger charge is 2.31. The summed E-state index contributed by atoms with van der Waals surface area (Å²) in [7, 11) is 0. The van der Waals surface area contributed by atoms with Gasteiger partial charge in [0.15, 0.2) is 5.65 Å². The molecule has 0 radical (unpaired) electrons. The van der Waals surface area contributed by atoms with Crippen LogP contribution in [0.2, 0.25) is 0 Å². The van der Waals surface area contributed by atoms with Crippen molar-refractivity contribution in [3.63, 3.8) is 0 Å². The van der Waals surface area contributed by atoms with Gasteiger partial charge in [-0.1, -0.05) is 0 Å². The van der Waals surface area contributed by atoms with Crippen molar-refractivity contribution in [3.8, 4) is 0 Å². The van der Waals surface area contributed by atoms with Crippen LogP contribution in [0.4, 0.5) is 5.82 Å². The van der Waals surface area contributed by atoms with Gasteiger partial charge in [0, 0.05) is 51.2 Å². The molecule has 0 aliphatic carbocycles. The van der Waals surface area contributed by atoms with E-state index in [1.54, 1.807) is 10.7 Å². The number of anilines is 1. The van der Waals surface area contributed by atoms with Crippen LogP contribution in [0.25, 0.3) is 5.65 Å². The molecule has 4 rings (SSSR count). The second kappa shape index (κ2) is 7.23. The fourth-order valence-electron chi connectivity index (χ4n) is 4.06. The minimum atomic E-state index is 0.165. The van der Waals surface area contributed by atoms with E-state index in [4.69, 9.17) is 0 Å².